The molecule has 142 valence electrons. The number of benzene rings is 2. The Balaban J connectivity index is 1.60. The van der Waals surface area contributed by atoms with Gasteiger partial charge in [0.15, 0.2) is 5.78 Å². The quantitative estimate of drug-likeness (QED) is 0.471. The molecule has 0 saturated carbocycles. The maximum absolute atomic E-state index is 12.1. The fourth-order valence-electron chi connectivity index (χ4n) is 2.69. The van der Waals surface area contributed by atoms with Gasteiger partial charge in [-0.3, -0.25) is 14.4 Å². The van der Waals surface area contributed by atoms with E-state index >= 15 is 0 Å². The molecule has 6 nitrogen and oxygen atoms in total. The van der Waals surface area contributed by atoms with E-state index in [4.69, 9.17) is 5.73 Å². The molecule has 0 spiro atoms. The number of thioether (sulfide) groups is 1. The second-order valence-corrected chi connectivity index (χ2v) is 7.28. The van der Waals surface area contributed by atoms with Crippen molar-refractivity contribution in [2.75, 3.05) is 11.1 Å². The van der Waals surface area contributed by atoms with E-state index in [0.717, 1.165) is 0 Å². The van der Waals surface area contributed by atoms with Gasteiger partial charge in [0.05, 0.1) is 16.1 Å². The Hall–Kier alpha value is -3.19. The van der Waals surface area contributed by atoms with Crippen molar-refractivity contribution < 1.29 is 14.4 Å². The Morgan fingerprint density at radius 2 is 1.79 bits per heavy atom. The zero-order valence-corrected chi connectivity index (χ0v) is 16.1. The number of fused-ring (bicyclic) bond motifs is 1. The lowest BCUT2D eigenvalue weighted by Crippen LogP contribution is -2.13. The number of nitrogens with zero attached hydrogens (tertiary/aromatic N) is 1. The first-order chi connectivity index (χ1) is 13.4. The third kappa shape index (κ3) is 4.75. The summed E-state index contributed by atoms with van der Waals surface area (Å²) in [7, 11) is 0. The van der Waals surface area contributed by atoms with E-state index in [0.29, 0.717) is 38.5 Å². The van der Waals surface area contributed by atoms with E-state index in [-0.39, 0.29) is 18.1 Å². The summed E-state index contributed by atoms with van der Waals surface area (Å²) in [5, 5.41) is 4.15. The van der Waals surface area contributed by atoms with Crippen molar-refractivity contribution >= 4 is 45.9 Å². The van der Waals surface area contributed by atoms with Crippen LogP contribution in [0.1, 0.15) is 34.1 Å². The molecule has 2 aromatic carbocycles. The maximum Gasteiger partial charge on any atom is 0.249 e. The van der Waals surface area contributed by atoms with Gasteiger partial charge in [-0.05, 0) is 43.3 Å². The van der Waals surface area contributed by atoms with Crippen LogP contribution in [0.25, 0.3) is 10.9 Å². The first-order valence-corrected chi connectivity index (χ1v) is 9.66. The zero-order chi connectivity index (χ0) is 20.1. The number of hydrogen-bond donors (Lipinski definition) is 2. The van der Waals surface area contributed by atoms with Crippen molar-refractivity contribution in [2.45, 2.75) is 18.4 Å². The van der Waals surface area contributed by atoms with Crippen molar-refractivity contribution in [1.82, 2.24) is 4.98 Å². The molecule has 3 N–H and O–H groups in total. The predicted molar refractivity (Wildman–Crippen MR) is 111 cm³/mol. The molecule has 0 aliphatic carbocycles. The number of amides is 2. The van der Waals surface area contributed by atoms with Crippen LogP contribution in [-0.4, -0.2) is 28.3 Å². The van der Waals surface area contributed by atoms with E-state index in [9.17, 15) is 14.4 Å². The number of nitrogens with one attached hydrogen (secondary N) is 1. The van der Waals surface area contributed by atoms with Gasteiger partial charge in [-0.1, -0.05) is 18.2 Å². The number of anilines is 1. The average molecular weight is 393 g/mol. The highest BCUT2D eigenvalue weighted by molar-refractivity contribution is 7.99. The normalized spacial score (nSPS) is 10.6. The Bertz CT molecular complexity index is 1050. The number of ketones is 1. The number of carbonyl (C=O) groups excluding carboxylic acids is 3. The summed E-state index contributed by atoms with van der Waals surface area (Å²) in [6, 6.07) is 15.7. The van der Waals surface area contributed by atoms with Gasteiger partial charge in [0.2, 0.25) is 11.8 Å². The molecule has 7 heteroatoms. The molecular weight excluding hydrogens is 374 g/mol. The molecule has 0 saturated heterocycles. The minimum Gasteiger partial charge on any atom is -0.366 e. The van der Waals surface area contributed by atoms with Crippen molar-refractivity contribution in [3.8, 4) is 0 Å². The number of primary amides is 1. The van der Waals surface area contributed by atoms with Crippen LogP contribution in [0, 0.1) is 0 Å². The second-order valence-electron chi connectivity index (χ2n) is 6.17. The number of rotatable bonds is 7. The van der Waals surface area contributed by atoms with Gasteiger partial charge < -0.3 is 11.1 Å². The van der Waals surface area contributed by atoms with E-state index in [1.165, 1.54) is 18.7 Å². The SMILES string of the molecule is CC(=O)c1ccc(NC(=O)CCSc2cc(C(N)=O)c3ccccc3n2)cc1. The fourth-order valence-corrected chi connectivity index (χ4v) is 3.55. The van der Waals surface area contributed by atoms with Gasteiger partial charge in [0.1, 0.15) is 0 Å². The van der Waals surface area contributed by atoms with Gasteiger partial charge in [0, 0.05) is 28.8 Å². The molecule has 1 heterocycles. The van der Waals surface area contributed by atoms with Gasteiger partial charge in [-0.25, -0.2) is 4.98 Å². The highest BCUT2D eigenvalue weighted by atomic mass is 32.2. The van der Waals surface area contributed by atoms with Gasteiger partial charge in [0.25, 0.3) is 0 Å². The summed E-state index contributed by atoms with van der Waals surface area (Å²) < 4.78 is 0. The average Bonchev–Trinajstić information content (AvgIpc) is 2.67. The van der Waals surface area contributed by atoms with Crippen LogP contribution in [0.5, 0.6) is 0 Å². The van der Waals surface area contributed by atoms with Crippen LogP contribution < -0.4 is 11.1 Å². The van der Waals surface area contributed by atoms with Crippen molar-refractivity contribution in [3.05, 3.63) is 65.7 Å². The number of Topliss-reactive ketones (excluding diaryl/α,β-unsaturated/α-hetero) is 1. The molecule has 0 unspecified atom stereocenters. The number of hydrogen-bond acceptors (Lipinski definition) is 5. The van der Waals surface area contributed by atoms with Crippen LogP contribution in [0.2, 0.25) is 0 Å². The maximum atomic E-state index is 12.1. The van der Waals surface area contributed by atoms with Crippen LogP contribution in [0.15, 0.2) is 59.6 Å². The Morgan fingerprint density at radius 1 is 1.07 bits per heavy atom. The fraction of sp³-hybridized carbons (Fsp3) is 0.143. The second kappa shape index (κ2) is 8.67. The number of aromatic nitrogens is 1. The van der Waals surface area contributed by atoms with Crippen LogP contribution >= 0.6 is 11.8 Å². The molecule has 0 atom stereocenters. The summed E-state index contributed by atoms with van der Waals surface area (Å²) >= 11 is 1.39. The summed E-state index contributed by atoms with van der Waals surface area (Å²) in [6.45, 7) is 1.50. The minimum absolute atomic E-state index is 0.0208. The van der Waals surface area contributed by atoms with E-state index < -0.39 is 5.91 Å². The van der Waals surface area contributed by atoms with E-state index in [1.807, 2.05) is 24.3 Å². The van der Waals surface area contributed by atoms with Gasteiger partial charge >= 0.3 is 0 Å². The summed E-state index contributed by atoms with van der Waals surface area (Å²) in [6.07, 6.45) is 0.277. The zero-order valence-electron chi connectivity index (χ0n) is 15.3. The molecule has 0 bridgehead atoms. The molecule has 3 aromatic rings. The molecule has 1 aromatic heterocycles. The Morgan fingerprint density at radius 3 is 2.46 bits per heavy atom. The first kappa shape index (κ1) is 19.6. The topological polar surface area (TPSA) is 102 Å². The monoisotopic (exact) mass is 393 g/mol. The first-order valence-electron chi connectivity index (χ1n) is 8.67. The van der Waals surface area contributed by atoms with Crippen molar-refractivity contribution in [1.29, 1.82) is 0 Å². The standard InChI is InChI=1S/C21H19N3O3S/c1-13(25)14-6-8-15(9-7-14)23-19(26)10-11-28-20-12-17(21(22)27)16-4-2-3-5-18(16)24-20/h2-9,12H,10-11H2,1H3,(H2,22,27)(H,23,26). The summed E-state index contributed by atoms with van der Waals surface area (Å²) in [4.78, 5) is 39.6. The van der Waals surface area contributed by atoms with Crippen LogP contribution in [-0.2, 0) is 4.79 Å². The smallest absolute Gasteiger partial charge is 0.249 e. The number of pyridine rings is 1. The highest BCUT2D eigenvalue weighted by Gasteiger charge is 2.11. The minimum atomic E-state index is -0.507. The highest BCUT2D eigenvalue weighted by Crippen LogP contribution is 2.24. The third-order valence-corrected chi connectivity index (χ3v) is 5.03. The molecule has 0 aliphatic rings. The molecule has 0 fully saturated rings. The van der Waals surface area contributed by atoms with Crippen molar-refractivity contribution in [2.24, 2.45) is 5.73 Å². The molecule has 0 aliphatic heterocycles. The molecule has 2 amide bonds. The molecule has 3 rings (SSSR count). The number of nitrogens with two attached hydrogens (primary N) is 1. The lowest BCUT2D eigenvalue weighted by atomic mass is 10.1. The van der Waals surface area contributed by atoms with Crippen molar-refractivity contribution in [3.63, 3.8) is 0 Å². The number of para-hydroxylation sites is 1. The van der Waals surface area contributed by atoms with Gasteiger partial charge in [-0.15, -0.1) is 11.8 Å². The third-order valence-electron chi connectivity index (χ3n) is 4.11. The molecule has 28 heavy (non-hydrogen) atoms. The van der Waals surface area contributed by atoms with E-state index in [2.05, 4.69) is 10.3 Å². The van der Waals surface area contributed by atoms with Crippen LogP contribution in [0.4, 0.5) is 5.69 Å². The lowest BCUT2D eigenvalue weighted by Gasteiger charge is -2.08. The van der Waals surface area contributed by atoms with E-state index in [1.54, 1.807) is 30.3 Å². The summed E-state index contributed by atoms with van der Waals surface area (Å²) in [5.41, 5.74) is 7.83. The largest absolute Gasteiger partial charge is 0.366 e. The number of carbonyl (C=O) groups is 3. The lowest BCUT2D eigenvalue weighted by molar-refractivity contribution is -0.115. The summed E-state index contributed by atoms with van der Waals surface area (Å²) in [5.74, 6) is -0.167. The Kier molecular flexibility index (Phi) is 6.06. The molecule has 0 radical (unpaired) electrons. The van der Waals surface area contributed by atoms with Crippen LogP contribution in [0.3, 0.4) is 0 Å². The van der Waals surface area contributed by atoms with Gasteiger partial charge in [-0.2, -0.15) is 0 Å². The molecular formula is C21H19N3O3S. The predicted octanol–water partition coefficient (Wildman–Crippen LogP) is 3.66. The Labute approximate surface area is 166 Å².